The van der Waals surface area contributed by atoms with E-state index < -0.39 is 0 Å². The van der Waals surface area contributed by atoms with E-state index >= 15 is 0 Å². The van der Waals surface area contributed by atoms with Crippen molar-refractivity contribution in [1.29, 1.82) is 0 Å². The highest BCUT2D eigenvalue weighted by Crippen LogP contribution is 2.25. The van der Waals surface area contributed by atoms with Crippen LogP contribution in [-0.2, 0) is 0 Å². The fraction of sp³-hybridized carbons (Fsp3) is 0.688. The maximum Gasteiger partial charge on any atom is 0.0489 e. The second-order valence-corrected chi connectivity index (χ2v) is 5.90. The summed E-state index contributed by atoms with van der Waals surface area (Å²) in [7, 11) is 2.22. The second-order valence-electron chi connectivity index (χ2n) is 5.90. The minimum Gasteiger partial charge on any atom is -0.329 e. The van der Waals surface area contributed by atoms with Crippen molar-refractivity contribution in [2.24, 2.45) is 5.73 Å². The quantitative estimate of drug-likeness (QED) is 0.911. The number of aryl methyl sites for hydroxylation is 1. The summed E-state index contributed by atoms with van der Waals surface area (Å²) < 4.78 is 0. The molecule has 1 aromatic rings. The molecule has 4 heteroatoms. The topological polar surface area (TPSA) is 45.4 Å². The number of hydrogen-bond acceptors (Lipinski definition) is 4. The first-order valence-electron chi connectivity index (χ1n) is 7.72. The van der Waals surface area contributed by atoms with E-state index in [1.807, 2.05) is 13.1 Å². The van der Waals surface area contributed by atoms with E-state index in [-0.39, 0.29) is 0 Å². The number of nitrogens with two attached hydrogens (primary N) is 1. The number of likely N-dealkylation sites (N-methyl/N-ethyl adjacent to an activating group) is 1. The van der Waals surface area contributed by atoms with E-state index in [0.29, 0.717) is 18.6 Å². The van der Waals surface area contributed by atoms with Crippen molar-refractivity contribution in [3.8, 4) is 0 Å². The zero-order valence-corrected chi connectivity index (χ0v) is 13.0. The van der Waals surface area contributed by atoms with Crippen LogP contribution in [0.2, 0.25) is 0 Å². The van der Waals surface area contributed by atoms with Crippen LogP contribution in [0.5, 0.6) is 0 Å². The van der Waals surface area contributed by atoms with Crippen molar-refractivity contribution < 1.29 is 0 Å². The first-order chi connectivity index (χ1) is 9.65. The van der Waals surface area contributed by atoms with Gasteiger partial charge in [-0.15, -0.1) is 0 Å². The van der Waals surface area contributed by atoms with Gasteiger partial charge in [0, 0.05) is 43.6 Å². The number of hydrogen-bond donors (Lipinski definition) is 1. The molecule has 1 saturated heterocycles. The maximum absolute atomic E-state index is 6.09. The third-order valence-electron chi connectivity index (χ3n) is 4.36. The molecule has 1 aromatic heterocycles. The van der Waals surface area contributed by atoms with Gasteiger partial charge in [0.1, 0.15) is 0 Å². The minimum absolute atomic E-state index is 0.291. The molecule has 2 unspecified atom stereocenters. The van der Waals surface area contributed by atoms with E-state index in [1.165, 1.54) is 24.9 Å². The zero-order valence-electron chi connectivity index (χ0n) is 13.0. The first-order valence-corrected chi connectivity index (χ1v) is 7.72. The summed E-state index contributed by atoms with van der Waals surface area (Å²) in [5.74, 6) is 0. The summed E-state index contributed by atoms with van der Waals surface area (Å²) in [4.78, 5) is 9.47. The van der Waals surface area contributed by atoms with Crippen LogP contribution in [0.4, 0.5) is 0 Å². The fourth-order valence-electron chi connectivity index (χ4n) is 3.17. The van der Waals surface area contributed by atoms with E-state index in [2.05, 4.69) is 40.9 Å². The molecule has 1 aliphatic rings. The summed E-state index contributed by atoms with van der Waals surface area (Å²) >= 11 is 0. The summed E-state index contributed by atoms with van der Waals surface area (Å²) in [6.07, 6.45) is 4.37. The number of pyridine rings is 1. The molecule has 2 atom stereocenters. The van der Waals surface area contributed by atoms with Crippen LogP contribution in [0, 0.1) is 6.92 Å². The first kappa shape index (κ1) is 15.4. The Labute approximate surface area is 123 Å². The molecule has 0 aliphatic carbocycles. The highest BCUT2D eigenvalue weighted by Gasteiger charge is 2.28. The van der Waals surface area contributed by atoms with Gasteiger partial charge in [-0.3, -0.25) is 9.88 Å². The lowest BCUT2D eigenvalue weighted by molar-refractivity contribution is 0.131. The Morgan fingerprint density at radius 2 is 2.20 bits per heavy atom. The molecule has 2 rings (SSSR count). The van der Waals surface area contributed by atoms with Crippen molar-refractivity contribution in [2.75, 3.05) is 33.2 Å². The summed E-state index contributed by atoms with van der Waals surface area (Å²) in [5, 5.41) is 0. The van der Waals surface area contributed by atoms with E-state index in [0.717, 1.165) is 18.8 Å². The lowest BCUT2D eigenvalue weighted by Gasteiger charge is -2.36. The molecule has 0 radical (unpaired) electrons. The Kier molecular flexibility index (Phi) is 5.52. The fourth-order valence-corrected chi connectivity index (χ4v) is 3.17. The smallest absolute Gasteiger partial charge is 0.0489 e. The molecular weight excluding hydrogens is 248 g/mol. The number of rotatable bonds is 4. The van der Waals surface area contributed by atoms with Crippen molar-refractivity contribution in [2.45, 2.75) is 38.8 Å². The van der Waals surface area contributed by atoms with Gasteiger partial charge in [0.25, 0.3) is 0 Å². The molecule has 0 spiro atoms. The summed E-state index contributed by atoms with van der Waals surface area (Å²) in [5.41, 5.74) is 8.41. The van der Waals surface area contributed by atoms with Gasteiger partial charge < -0.3 is 10.6 Å². The molecule has 1 aliphatic heterocycles. The van der Waals surface area contributed by atoms with Gasteiger partial charge in [0.2, 0.25) is 0 Å². The third-order valence-corrected chi connectivity index (χ3v) is 4.36. The van der Waals surface area contributed by atoms with Crippen molar-refractivity contribution in [3.63, 3.8) is 0 Å². The van der Waals surface area contributed by atoms with Gasteiger partial charge in [-0.05, 0) is 45.0 Å². The molecule has 0 amide bonds. The lowest BCUT2D eigenvalue weighted by Crippen LogP contribution is -2.44. The van der Waals surface area contributed by atoms with Crippen molar-refractivity contribution in [1.82, 2.24) is 14.8 Å². The predicted octanol–water partition coefficient (Wildman–Crippen LogP) is 1.81. The minimum atomic E-state index is 0.291. The van der Waals surface area contributed by atoms with Crippen LogP contribution in [0.15, 0.2) is 18.3 Å². The molecule has 2 N–H and O–H groups in total. The van der Waals surface area contributed by atoms with Gasteiger partial charge in [-0.25, -0.2) is 0 Å². The summed E-state index contributed by atoms with van der Waals surface area (Å²) in [6, 6.07) is 5.14. The molecule has 2 heterocycles. The van der Waals surface area contributed by atoms with Crippen LogP contribution in [0.3, 0.4) is 0 Å². The second kappa shape index (κ2) is 7.16. The lowest BCUT2D eigenvalue weighted by atomic mass is 10.0. The SMILES string of the molecule is CCC1CN(C)CCCN1C(CN)c1ccc(C)nc1. The van der Waals surface area contributed by atoms with Crippen LogP contribution in [0.25, 0.3) is 0 Å². The molecule has 112 valence electrons. The Hall–Kier alpha value is -0.970. The normalized spacial score (nSPS) is 23.5. The Balaban J connectivity index is 2.21. The molecule has 0 saturated carbocycles. The number of nitrogens with zero attached hydrogens (tertiary/aromatic N) is 3. The van der Waals surface area contributed by atoms with Gasteiger partial charge >= 0.3 is 0 Å². The highest BCUT2D eigenvalue weighted by molar-refractivity contribution is 5.18. The average molecular weight is 276 g/mol. The molecule has 20 heavy (non-hydrogen) atoms. The predicted molar refractivity (Wildman–Crippen MR) is 83.7 cm³/mol. The monoisotopic (exact) mass is 276 g/mol. The van der Waals surface area contributed by atoms with Crippen LogP contribution in [-0.4, -0.2) is 54.1 Å². The van der Waals surface area contributed by atoms with Crippen molar-refractivity contribution >= 4 is 0 Å². The Morgan fingerprint density at radius 3 is 2.80 bits per heavy atom. The molecule has 4 nitrogen and oxygen atoms in total. The average Bonchev–Trinajstić information content (AvgIpc) is 2.63. The van der Waals surface area contributed by atoms with Gasteiger partial charge in [-0.2, -0.15) is 0 Å². The zero-order chi connectivity index (χ0) is 14.5. The standard InChI is InChI=1S/C16H28N4/c1-4-15-12-19(3)8-5-9-20(15)16(10-17)14-7-6-13(2)18-11-14/h6-7,11,15-16H,4-5,8-10,12,17H2,1-3H3. The van der Waals surface area contributed by atoms with Gasteiger partial charge in [0.15, 0.2) is 0 Å². The van der Waals surface area contributed by atoms with E-state index in [1.54, 1.807) is 0 Å². The van der Waals surface area contributed by atoms with E-state index in [4.69, 9.17) is 5.73 Å². The summed E-state index contributed by atoms with van der Waals surface area (Å²) in [6.45, 7) is 8.39. The maximum atomic E-state index is 6.09. The van der Waals surface area contributed by atoms with Crippen LogP contribution in [0.1, 0.15) is 37.1 Å². The molecule has 0 aromatic carbocycles. The largest absolute Gasteiger partial charge is 0.329 e. The van der Waals surface area contributed by atoms with Gasteiger partial charge in [0.05, 0.1) is 0 Å². The van der Waals surface area contributed by atoms with Crippen molar-refractivity contribution in [3.05, 3.63) is 29.6 Å². The molecule has 0 bridgehead atoms. The Bertz CT molecular complexity index is 403. The number of aromatic nitrogens is 1. The van der Waals surface area contributed by atoms with E-state index in [9.17, 15) is 0 Å². The van der Waals surface area contributed by atoms with Crippen LogP contribution >= 0.6 is 0 Å². The molecular formula is C16H28N4. The Morgan fingerprint density at radius 1 is 1.40 bits per heavy atom. The highest BCUT2D eigenvalue weighted by atomic mass is 15.3. The van der Waals surface area contributed by atoms with Crippen LogP contribution < -0.4 is 5.73 Å². The third kappa shape index (κ3) is 3.57. The van der Waals surface area contributed by atoms with Gasteiger partial charge in [-0.1, -0.05) is 13.0 Å². The molecule has 1 fully saturated rings.